The zero-order valence-corrected chi connectivity index (χ0v) is 17.2. The second-order valence-corrected chi connectivity index (χ2v) is 7.99. The maximum Gasteiger partial charge on any atom is 0.271 e. The molecule has 1 aliphatic rings. The van der Waals surface area contributed by atoms with Gasteiger partial charge in [0.1, 0.15) is 12.1 Å². The molecule has 3 aromatic rings. The SMILES string of the molecule is Cc1nc2c(C(N)=O)ncn2c(O)c1CCN1CCC(CC(=O)c2ccc(F)cc2)C1. The van der Waals surface area contributed by atoms with Crippen LogP contribution in [0.25, 0.3) is 5.65 Å². The lowest BCUT2D eigenvalue weighted by Crippen LogP contribution is -2.24. The Labute approximate surface area is 178 Å². The van der Waals surface area contributed by atoms with Crippen LogP contribution in [0.5, 0.6) is 5.88 Å². The number of nitrogens with two attached hydrogens (primary N) is 1. The number of fused-ring (bicyclic) bond motifs is 1. The van der Waals surface area contributed by atoms with E-state index in [1.807, 2.05) is 0 Å². The van der Waals surface area contributed by atoms with Gasteiger partial charge in [-0.25, -0.2) is 14.4 Å². The van der Waals surface area contributed by atoms with Crippen LogP contribution in [0, 0.1) is 18.7 Å². The molecule has 3 N–H and O–H groups in total. The number of hydrogen-bond acceptors (Lipinski definition) is 6. The third-order valence-corrected chi connectivity index (χ3v) is 5.87. The molecule has 2 aromatic heterocycles. The first-order valence-corrected chi connectivity index (χ1v) is 10.2. The van der Waals surface area contributed by atoms with Crippen LogP contribution in [-0.4, -0.2) is 55.7 Å². The zero-order valence-electron chi connectivity index (χ0n) is 17.2. The minimum absolute atomic E-state index is 0.00438. The number of ketones is 1. The highest BCUT2D eigenvalue weighted by molar-refractivity contribution is 5.97. The average Bonchev–Trinajstić information content (AvgIpc) is 3.35. The second kappa shape index (κ2) is 8.43. The number of aromatic nitrogens is 3. The summed E-state index contributed by atoms with van der Waals surface area (Å²) in [4.78, 5) is 34.5. The summed E-state index contributed by atoms with van der Waals surface area (Å²) >= 11 is 0. The summed E-state index contributed by atoms with van der Waals surface area (Å²) in [6.07, 6.45) is 3.26. The molecule has 9 heteroatoms. The summed E-state index contributed by atoms with van der Waals surface area (Å²) in [5.74, 6) is -0.763. The van der Waals surface area contributed by atoms with Crippen LogP contribution in [0.3, 0.4) is 0 Å². The van der Waals surface area contributed by atoms with Crippen molar-refractivity contribution in [2.24, 2.45) is 11.7 Å². The number of Topliss-reactive ketones (excluding diaryl/α,β-unsaturated/α-hetero) is 1. The van der Waals surface area contributed by atoms with Crippen LogP contribution in [0.1, 0.15) is 44.9 Å². The number of aryl methyl sites for hydroxylation is 1. The number of aromatic hydroxyl groups is 1. The molecule has 4 rings (SSSR count). The van der Waals surface area contributed by atoms with Gasteiger partial charge >= 0.3 is 0 Å². The van der Waals surface area contributed by atoms with Crippen LogP contribution in [0.4, 0.5) is 4.39 Å². The second-order valence-electron chi connectivity index (χ2n) is 7.99. The molecule has 1 aromatic carbocycles. The van der Waals surface area contributed by atoms with Crippen molar-refractivity contribution in [3.05, 3.63) is 58.9 Å². The lowest BCUT2D eigenvalue weighted by Gasteiger charge is -2.17. The Morgan fingerprint density at radius 2 is 2.03 bits per heavy atom. The number of nitrogens with zero attached hydrogens (tertiary/aromatic N) is 4. The summed E-state index contributed by atoms with van der Waals surface area (Å²) in [7, 11) is 0. The van der Waals surface area contributed by atoms with Gasteiger partial charge in [0, 0.05) is 36.3 Å². The number of likely N-dealkylation sites (tertiary alicyclic amines) is 1. The number of carbonyl (C=O) groups is 2. The van der Waals surface area contributed by atoms with Crippen LogP contribution >= 0.6 is 0 Å². The first kappa shape index (κ1) is 20.9. The smallest absolute Gasteiger partial charge is 0.271 e. The summed E-state index contributed by atoms with van der Waals surface area (Å²) in [5.41, 5.74) is 7.42. The van der Waals surface area contributed by atoms with E-state index in [9.17, 15) is 19.1 Å². The van der Waals surface area contributed by atoms with Crippen molar-refractivity contribution in [2.45, 2.75) is 26.2 Å². The standard InChI is InChI=1S/C22H24FN5O3/c1-13-17(22(31)28-12-25-19(20(24)30)21(28)26-13)7-9-27-8-6-14(11-27)10-18(29)15-2-4-16(23)5-3-15/h2-5,12,14,31H,6-11H2,1H3,(H2,24,30). The predicted octanol–water partition coefficient (Wildman–Crippen LogP) is 2.12. The van der Waals surface area contributed by atoms with Crippen molar-refractivity contribution in [2.75, 3.05) is 19.6 Å². The highest BCUT2D eigenvalue weighted by Crippen LogP contribution is 2.26. The monoisotopic (exact) mass is 425 g/mol. The molecule has 1 unspecified atom stereocenters. The molecule has 0 saturated carbocycles. The first-order chi connectivity index (χ1) is 14.8. The van der Waals surface area contributed by atoms with E-state index >= 15 is 0 Å². The fourth-order valence-electron chi connectivity index (χ4n) is 4.17. The van der Waals surface area contributed by atoms with E-state index in [-0.39, 0.29) is 34.7 Å². The minimum atomic E-state index is -0.695. The highest BCUT2D eigenvalue weighted by Gasteiger charge is 2.26. The van der Waals surface area contributed by atoms with E-state index in [0.717, 1.165) is 19.5 Å². The van der Waals surface area contributed by atoms with Gasteiger partial charge in [0.25, 0.3) is 5.91 Å². The van der Waals surface area contributed by atoms with Crippen LogP contribution in [0.2, 0.25) is 0 Å². The third kappa shape index (κ3) is 4.27. The summed E-state index contributed by atoms with van der Waals surface area (Å²) in [6, 6.07) is 5.67. The van der Waals surface area contributed by atoms with Gasteiger partial charge in [-0.3, -0.25) is 14.0 Å². The van der Waals surface area contributed by atoms with E-state index < -0.39 is 5.91 Å². The Morgan fingerprint density at radius 1 is 1.29 bits per heavy atom. The summed E-state index contributed by atoms with van der Waals surface area (Å²) < 4.78 is 14.4. The summed E-state index contributed by atoms with van der Waals surface area (Å²) in [5, 5.41) is 10.7. The maximum absolute atomic E-state index is 13.0. The van der Waals surface area contributed by atoms with Crippen LogP contribution < -0.4 is 5.73 Å². The van der Waals surface area contributed by atoms with Crippen molar-refractivity contribution in [1.82, 2.24) is 19.3 Å². The lowest BCUT2D eigenvalue weighted by atomic mass is 9.97. The molecule has 162 valence electrons. The fraction of sp³-hybridized carbons (Fsp3) is 0.364. The van der Waals surface area contributed by atoms with Gasteiger partial charge in [0.15, 0.2) is 17.1 Å². The van der Waals surface area contributed by atoms with Gasteiger partial charge in [0.2, 0.25) is 5.88 Å². The molecular formula is C22H24FN5O3. The predicted molar refractivity (Wildman–Crippen MR) is 112 cm³/mol. The lowest BCUT2D eigenvalue weighted by molar-refractivity contribution is 0.0960. The number of rotatable bonds is 7. The number of carbonyl (C=O) groups excluding carboxylic acids is 2. The van der Waals surface area contributed by atoms with Crippen molar-refractivity contribution >= 4 is 17.3 Å². The number of imidazole rings is 1. The first-order valence-electron chi connectivity index (χ1n) is 10.2. The number of benzene rings is 1. The largest absolute Gasteiger partial charge is 0.494 e. The molecule has 1 fully saturated rings. The number of hydrogen-bond donors (Lipinski definition) is 2. The molecule has 0 aliphatic carbocycles. The fourth-order valence-corrected chi connectivity index (χ4v) is 4.17. The van der Waals surface area contributed by atoms with E-state index in [1.165, 1.54) is 35.0 Å². The van der Waals surface area contributed by atoms with Gasteiger partial charge in [-0.2, -0.15) is 0 Å². The average molecular weight is 425 g/mol. The highest BCUT2D eigenvalue weighted by atomic mass is 19.1. The van der Waals surface area contributed by atoms with Crippen LogP contribution in [0.15, 0.2) is 30.6 Å². The Hall–Kier alpha value is -3.33. The topological polar surface area (TPSA) is 114 Å². The van der Waals surface area contributed by atoms with E-state index in [0.29, 0.717) is 36.2 Å². The molecule has 1 saturated heterocycles. The maximum atomic E-state index is 13.0. The minimum Gasteiger partial charge on any atom is -0.494 e. The molecule has 31 heavy (non-hydrogen) atoms. The number of primary amides is 1. The van der Waals surface area contributed by atoms with E-state index in [1.54, 1.807) is 6.92 Å². The van der Waals surface area contributed by atoms with Gasteiger partial charge in [-0.05, 0) is 56.5 Å². The molecule has 3 heterocycles. The Kier molecular flexibility index (Phi) is 5.69. The van der Waals surface area contributed by atoms with Gasteiger partial charge in [-0.1, -0.05) is 0 Å². The molecule has 1 aliphatic heterocycles. The number of halogens is 1. The Bertz CT molecular complexity index is 1140. The quantitative estimate of drug-likeness (QED) is 0.561. The Morgan fingerprint density at radius 3 is 2.74 bits per heavy atom. The zero-order chi connectivity index (χ0) is 22.1. The van der Waals surface area contributed by atoms with Gasteiger partial charge in [-0.15, -0.1) is 0 Å². The molecule has 1 amide bonds. The molecule has 0 bridgehead atoms. The molecule has 1 atom stereocenters. The van der Waals surface area contributed by atoms with Crippen molar-refractivity contribution in [3.63, 3.8) is 0 Å². The number of amides is 1. The van der Waals surface area contributed by atoms with Crippen LogP contribution in [-0.2, 0) is 6.42 Å². The third-order valence-electron chi connectivity index (χ3n) is 5.87. The molecule has 8 nitrogen and oxygen atoms in total. The van der Waals surface area contributed by atoms with Crippen molar-refractivity contribution < 1.29 is 19.1 Å². The van der Waals surface area contributed by atoms with Gasteiger partial charge < -0.3 is 15.7 Å². The Balaban J connectivity index is 1.38. The molecular weight excluding hydrogens is 401 g/mol. The molecule has 0 radical (unpaired) electrons. The summed E-state index contributed by atoms with van der Waals surface area (Å²) in [6.45, 7) is 4.15. The van der Waals surface area contributed by atoms with E-state index in [4.69, 9.17) is 5.73 Å². The van der Waals surface area contributed by atoms with Crippen molar-refractivity contribution in [3.8, 4) is 5.88 Å². The van der Waals surface area contributed by atoms with E-state index in [2.05, 4.69) is 14.9 Å². The molecule has 0 spiro atoms. The van der Waals surface area contributed by atoms with Crippen molar-refractivity contribution in [1.29, 1.82) is 0 Å². The normalized spacial score (nSPS) is 16.8. The van der Waals surface area contributed by atoms with Gasteiger partial charge in [0.05, 0.1) is 0 Å².